The number of benzene rings is 2. The number of anilines is 1. The van der Waals surface area contributed by atoms with Gasteiger partial charge in [-0.1, -0.05) is 48.5 Å². The molecule has 0 aliphatic carbocycles. The van der Waals surface area contributed by atoms with Crippen LogP contribution in [0.1, 0.15) is 5.56 Å². The average Bonchev–Trinajstić information content (AvgIpc) is 2.41. The fourth-order valence-corrected chi connectivity index (χ4v) is 1.61. The second-order valence-electron chi connectivity index (χ2n) is 3.70. The number of thiocarbonyl (C=S) groups is 1. The van der Waals surface area contributed by atoms with Crippen molar-refractivity contribution in [1.82, 2.24) is 5.48 Å². The van der Waals surface area contributed by atoms with Crippen LogP contribution in [0.3, 0.4) is 0 Å². The summed E-state index contributed by atoms with van der Waals surface area (Å²) in [6.07, 6.45) is 0. The Hall–Kier alpha value is -1.91. The molecule has 0 aromatic heterocycles. The lowest BCUT2D eigenvalue weighted by Crippen LogP contribution is -2.28. The Bertz CT molecular complexity index is 488. The third kappa shape index (κ3) is 4.16. The number of hydrogen-bond acceptors (Lipinski definition) is 2. The molecule has 4 heteroatoms. The first-order valence-corrected chi connectivity index (χ1v) is 6.03. The molecule has 0 radical (unpaired) electrons. The highest BCUT2D eigenvalue weighted by Crippen LogP contribution is 2.04. The zero-order valence-corrected chi connectivity index (χ0v) is 10.6. The third-order valence-electron chi connectivity index (χ3n) is 2.28. The van der Waals surface area contributed by atoms with E-state index < -0.39 is 0 Å². The standard InChI is InChI=1S/C14H14N2OS/c18-14(15-13-9-5-2-6-10-13)16-17-11-12-7-3-1-4-8-12/h1-10H,11H2,(H2,15,16,18). The zero-order valence-electron chi connectivity index (χ0n) is 9.80. The highest BCUT2D eigenvalue weighted by molar-refractivity contribution is 7.80. The van der Waals surface area contributed by atoms with Crippen LogP contribution in [-0.4, -0.2) is 5.11 Å². The number of rotatable bonds is 4. The fourth-order valence-electron chi connectivity index (χ4n) is 1.44. The summed E-state index contributed by atoms with van der Waals surface area (Å²) in [5.41, 5.74) is 4.72. The van der Waals surface area contributed by atoms with Crippen LogP contribution in [0.5, 0.6) is 0 Å². The SMILES string of the molecule is S=C(NOCc1ccccc1)Nc1ccccc1. The summed E-state index contributed by atoms with van der Waals surface area (Å²) in [5.74, 6) is 0. The van der Waals surface area contributed by atoms with Gasteiger partial charge in [0.15, 0.2) is 5.11 Å². The van der Waals surface area contributed by atoms with Gasteiger partial charge in [-0.2, -0.15) is 0 Å². The van der Waals surface area contributed by atoms with Gasteiger partial charge in [0.2, 0.25) is 0 Å². The molecule has 2 rings (SSSR count). The second-order valence-corrected chi connectivity index (χ2v) is 4.10. The van der Waals surface area contributed by atoms with Gasteiger partial charge in [0.25, 0.3) is 0 Å². The minimum atomic E-state index is 0.442. The molecule has 2 aromatic carbocycles. The van der Waals surface area contributed by atoms with E-state index in [4.69, 9.17) is 17.1 Å². The zero-order chi connectivity index (χ0) is 12.6. The fraction of sp³-hybridized carbons (Fsp3) is 0.0714. The van der Waals surface area contributed by atoms with E-state index in [0.29, 0.717) is 11.7 Å². The topological polar surface area (TPSA) is 33.3 Å². The molecule has 18 heavy (non-hydrogen) atoms. The Morgan fingerprint density at radius 2 is 1.56 bits per heavy atom. The van der Waals surface area contributed by atoms with Crippen molar-refractivity contribution in [1.29, 1.82) is 0 Å². The normalized spacial score (nSPS) is 9.78. The molecule has 0 spiro atoms. The van der Waals surface area contributed by atoms with E-state index in [0.717, 1.165) is 11.3 Å². The molecule has 0 aliphatic heterocycles. The largest absolute Gasteiger partial charge is 0.331 e. The van der Waals surface area contributed by atoms with Crippen molar-refractivity contribution < 1.29 is 4.84 Å². The van der Waals surface area contributed by atoms with Gasteiger partial charge in [-0.15, -0.1) is 0 Å². The van der Waals surface area contributed by atoms with Crippen molar-refractivity contribution in [3.63, 3.8) is 0 Å². The minimum Gasteiger partial charge on any atom is -0.331 e. The van der Waals surface area contributed by atoms with Gasteiger partial charge >= 0.3 is 0 Å². The Morgan fingerprint density at radius 1 is 0.944 bits per heavy atom. The Balaban J connectivity index is 1.73. The molecule has 0 fully saturated rings. The molecular weight excluding hydrogens is 244 g/mol. The number of hydrogen-bond donors (Lipinski definition) is 2. The maximum Gasteiger partial charge on any atom is 0.195 e. The summed E-state index contributed by atoms with van der Waals surface area (Å²) in [5, 5.41) is 3.47. The summed E-state index contributed by atoms with van der Waals surface area (Å²) in [7, 11) is 0. The maximum atomic E-state index is 5.30. The predicted octanol–water partition coefficient (Wildman–Crippen LogP) is 3.10. The highest BCUT2D eigenvalue weighted by Gasteiger charge is 1.97. The Labute approximate surface area is 112 Å². The lowest BCUT2D eigenvalue weighted by Gasteiger charge is -2.10. The Morgan fingerprint density at radius 3 is 2.22 bits per heavy atom. The quantitative estimate of drug-likeness (QED) is 0.652. The van der Waals surface area contributed by atoms with Gasteiger partial charge in [0.05, 0.1) is 6.61 Å². The maximum absolute atomic E-state index is 5.30. The van der Waals surface area contributed by atoms with Gasteiger partial charge in [-0.25, -0.2) is 5.48 Å². The van der Waals surface area contributed by atoms with Crippen LogP contribution in [-0.2, 0) is 11.4 Å². The monoisotopic (exact) mass is 258 g/mol. The lowest BCUT2D eigenvalue weighted by atomic mass is 10.2. The van der Waals surface area contributed by atoms with E-state index in [9.17, 15) is 0 Å². The van der Waals surface area contributed by atoms with Crippen molar-refractivity contribution in [3.05, 3.63) is 66.2 Å². The van der Waals surface area contributed by atoms with Crippen molar-refractivity contribution in [2.45, 2.75) is 6.61 Å². The van der Waals surface area contributed by atoms with Gasteiger partial charge in [-0.3, -0.25) is 4.84 Å². The first-order chi connectivity index (χ1) is 8.84. The summed E-state index contributed by atoms with van der Waals surface area (Å²) in [4.78, 5) is 5.30. The third-order valence-corrected chi connectivity index (χ3v) is 2.46. The van der Waals surface area contributed by atoms with Crippen LogP contribution in [0.25, 0.3) is 0 Å². The molecule has 0 heterocycles. The summed E-state index contributed by atoms with van der Waals surface area (Å²) >= 11 is 5.10. The lowest BCUT2D eigenvalue weighted by molar-refractivity contribution is 0.0728. The molecule has 0 atom stereocenters. The molecule has 2 N–H and O–H groups in total. The van der Waals surface area contributed by atoms with Crippen LogP contribution in [0.4, 0.5) is 5.69 Å². The van der Waals surface area contributed by atoms with E-state index in [1.54, 1.807) is 0 Å². The molecule has 0 saturated carbocycles. The van der Waals surface area contributed by atoms with Crippen LogP contribution in [0.2, 0.25) is 0 Å². The molecule has 2 aromatic rings. The molecular formula is C14H14N2OS. The number of nitrogens with one attached hydrogen (secondary N) is 2. The molecule has 0 bridgehead atoms. The smallest absolute Gasteiger partial charge is 0.195 e. The molecule has 3 nitrogen and oxygen atoms in total. The van der Waals surface area contributed by atoms with Gasteiger partial charge < -0.3 is 5.32 Å². The number of hydroxylamine groups is 1. The van der Waals surface area contributed by atoms with E-state index in [-0.39, 0.29) is 0 Å². The van der Waals surface area contributed by atoms with Crippen LogP contribution < -0.4 is 10.8 Å². The van der Waals surface area contributed by atoms with E-state index in [2.05, 4.69) is 10.8 Å². The van der Waals surface area contributed by atoms with E-state index >= 15 is 0 Å². The van der Waals surface area contributed by atoms with E-state index in [1.165, 1.54) is 0 Å². The van der Waals surface area contributed by atoms with Gasteiger partial charge in [0.1, 0.15) is 0 Å². The predicted molar refractivity (Wildman–Crippen MR) is 77.0 cm³/mol. The Kier molecular flexibility index (Phi) is 4.69. The van der Waals surface area contributed by atoms with Crippen molar-refractivity contribution in [3.8, 4) is 0 Å². The molecule has 92 valence electrons. The summed E-state index contributed by atoms with van der Waals surface area (Å²) < 4.78 is 0. The van der Waals surface area contributed by atoms with Gasteiger partial charge in [-0.05, 0) is 29.9 Å². The summed E-state index contributed by atoms with van der Waals surface area (Å²) in [6.45, 7) is 0.470. The van der Waals surface area contributed by atoms with Crippen LogP contribution in [0, 0.1) is 0 Å². The summed E-state index contributed by atoms with van der Waals surface area (Å²) in [6, 6.07) is 19.6. The van der Waals surface area contributed by atoms with Crippen LogP contribution >= 0.6 is 12.2 Å². The van der Waals surface area contributed by atoms with Crippen molar-refractivity contribution >= 4 is 23.0 Å². The van der Waals surface area contributed by atoms with Crippen molar-refractivity contribution in [2.24, 2.45) is 0 Å². The second kappa shape index (κ2) is 6.74. The minimum absolute atomic E-state index is 0.442. The number of para-hydroxylation sites is 1. The average molecular weight is 258 g/mol. The van der Waals surface area contributed by atoms with E-state index in [1.807, 2.05) is 60.7 Å². The first-order valence-electron chi connectivity index (χ1n) is 5.62. The highest BCUT2D eigenvalue weighted by atomic mass is 32.1. The van der Waals surface area contributed by atoms with Gasteiger partial charge in [0, 0.05) is 5.69 Å². The van der Waals surface area contributed by atoms with Crippen molar-refractivity contribution in [2.75, 3.05) is 5.32 Å². The molecule has 0 unspecified atom stereocenters. The first kappa shape index (κ1) is 12.5. The van der Waals surface area contributed by atoms with Crippen LogP contribution in [0.15, 0.2) is 60.7 Å². The molecule has 0 amide bonds. The molecule has 0 aliphatic rings. The molecule has 0 saturated heterocycles.